The zero-order valence-corrected chi connectivity index (χ0v) is 19.9. The number of nitrogens with zero attached hydrogens (tertiary/aromatic N) is 2. The van der Waals surface area contributed by atoms with Crippen LogP contribution in [0.4, 0.5) is 4.79 Å². The summed E-state index contributed by atoms with van der Waals surface area (Å²) in [6, 6.07) is 7.99. The summed E-state index contributed by atoms with van der Waals surface area (Å²) in [7, 11) is -0.162. The van der Waals surface area contributed by atoms with E-state index < -0.39 is 8.24 Å². The first-order valence-electron chi connectivity index (χ1n) is 11.1. The Hall–Kier alpha value is -2.38. The summed E-state index contributed by atoms with van der Waals surface area (Å²) in [5.41, 5.74) is 1.86. The zero-order chi connectivity index (χ0) is 22.2. The predicted molar refractivity (Wildman–Crippen MR) is 126 cm³/mol. The monoisotopic (exact) mass is 439 g/mol. The number of nitrogens with one attached hydrogen (secondary N) is 1. The second-order valence-corrected chi connectivity index (χ2v) is 14.5. The number of amides is 1. The Balaban J connectivity index is 1.74. The van der Waals surface area contributed by atoms with Crippen LogP contribution in [0.3, 0.4) is 0 Å². The third kappa shape index (κ3) is 4.62. The van der Waals surface area contributed by atoms with Crippen molar-refractivity contribution in [2.24, 2.45) is 11.8 Å². The van der Waals surface area contributed by atoms with Gasteiger partial charge in [-0.15, -0.1) is 6.58 Å². The highest BCUT2D eigenvalue weighted by Gasteiger charge is 2.44. The van der Waals surface area contributed by atoms with Crippen LogP contribution in [0.25, 0.3) is 10.9 Å². The topological polar surface area (TPSA) is 63.7 Å². The average molecular weight is 440 g/mol. The highest BCUT2D eigenvalue weighted by molar-refractivity contribution is 6.75. The van der Waals surface area contributed by atoms with Crippen molar-refractivity contribution < 1.29 is 14.3 Å². The van der Waals surface area contributed by atoms with Gasteiger partial charge in [-0.3, -0.25) is 9.88 Å². The molecule has 0 aliphatic carbocycles. The van der Waals surface area contributed by atoms with Crippen molar-refractivity contribution in [3.05, 3.63) is 48.7 Å². The Morgan fingerprint density at radius 1 is 1.35 bits per heavy atom. The van der Waals surface area contributed by atoms with Crippen LogP contribution in [0.5, 0.6) is 5.75 Å². The van der Waals surface area contributed by atoms with Crippen LogP contribution in [-0.2, 0) is 4.74 Å². The number of rotatable bonds is 6. The van der Waals surface area contributed by atoms with E-state index in [0.717, 1.165) is 41.7 Å². The van der Waals surface area contributed by atoms with Gasteiger partial charge in [0.05, 0.1) is 18.7 Å². The SMILES string of the molecule is C=C[C@@H]1CN2CC[C@H]1C[C@H]2[C@H](OC(=O)N[Si](C)(C)C)c1ccnc2ccc(OC)cc12. The third-order valence-electron chi connectivity index (χ3n) is 6.50. The van der Waals surface area contributed by atoms with E-state index in [-0.39, 0.29) is 18.2 Å². The van der Waals surface area contributed by atoms with E-state index in [2.05, 4.69) is 47.2 Å². The van der Waals surface area contributed by atoms with Crippen molar-refractivity contribution in [2.75, 3.05) is 20.2 Å². The second kappa shape index (κ2) is 8.63. The molecule has 1 amide bonds. The molecule has 5 rings (SSSR count). The maximum atomic E-state index is 12.9. The molecule has 5 atom stereocenters. The predicted octanol–water partition coefficient (Wildman–Crippen LogP) is 4.74. The lowest BCUT2D eigenvalue weighted by Gasteiger charge is -2.51. The molecule has 6 nitrogen and oxygen atoms in total. The van der Waals surface area contributed by atoms with Gasteiger partial charge in [0.2, 0.25) is 0 Å². The molecule has 3 saturated heterocycles. The molecule has 166 valence electrons. The van der Waals surface area contributed by atoms with Crippen LogP contribution >= 0.6 is 0 Å². The number of hydrogen-bond donors (Lipinski definition) is 1. The van der Waals surface area contributed by atoms with Crippen molar-refractivity contribution in [1.29, 1.82) is 0 Å². The van der Waals surface area contributed by atoms with E-state index in [9.17, 15) is 4.79 Å². The Bertz CT molecular complexity index is 974. The largest absolute Gasteiger partial charge is 0.497 e. The minimum absolute atomic E-state index is 0.138. The van der Waals surface area contributed by atoms with Gasteiger partial charge < -0.3 is 14.5 Å². The Labute approximate surface area is 185 Å². The van der Waals surface area contributed by atoms with Gasteiger partial charge in [0.15, 0.2) is 8.24 Å². The number of aromatic nitrogens is 1. The number of piperidine rings is 3. The molecule has 1 aromatic heterocycles. The van der Waals surface area contributed by atoms with Gasteiger partial charge in [-0.1, -0.05) is 25.7 Å². The van der Waals surface area contributed by atoms with Gasteiger partial charge in [0.1, 0.15) is 11.9 Å². The lowest BCUT2D eigenvalue weighted by Crippen LogP contribution is -2.56. The molecular formula is C24H33N3O3Si. The van der Waals surface area contributed by atoms with E-state index in [1.807, 2.05) is 24.3 Å². The molecule has 0 radical (unpaired) electrons. The molecular weight excluding hydrogens is 406 g/mol. The van der Waals surface area contributed by atoms with Crippen LogP contribution in [0.1, 0.15) is 24.5 Å². The standard InChI is InChI=1S/C24H33N3O3Si/c1-6-16-15-27-12-10-17(16)13-22(27)23(30-24(28)26-31(3,4)5)19-9-11-25-21-8-7-18(29-2)14-20(19)21/h6-9,11,14,16-17,22-23H,1,10,12-13,15H2,2-5H3,(H,26,28)/t16-,17+,22+,23-/m1/s1. The zero-order valence-electron chi connectivity index (χ0n) is 18.9. The van der Waals surface area contributed by atoms with Crippen molar-refractivity contribution in [1.82, 2.24) is 14.9 Å². The number of fused-ring (bicyclic) bond motifs is 4. The Morgan fingerprint density at radius 3 is 2.81 bits per heavy atom. The van der Waals surface area contributed by atoms with Crippen molar-refractivity contribution in [2.45, 2.75) is 44.6 Å². The van der Waals surface area contributed by atoms with E-state index >= 15 is 0 Å². The number of hydrogen-bond acceptors (Lipinski definition) is 5. The fourth-order valence-electron chi connectivity index (χ4n) is 5.01. The highest BCUT2D eigenvalue weighted by Crippen LogP contribution is 2.43. The summed E-state index contributed by atoms with van der Waals surface area (Å²) in [6.07, 6.45) is 5.36. The summed E-state index contributed by atoms with van der Waals surface area (Å²) in [5.74, 6) is 1.86. The van der Waals surface area contributed by atoms with Crippen molar-refractivity contribution >= 4 is 25.2 Å². The molecule has 3 fully saturated rings. The fourth-order valence-corrected chi connectivity index (χ4v) is 5.69. The molecule has 0 spiro atoms. The summed E-state index contributed by atoms with van der Waals surface area (Å²) in [6.45, 7) is 12.3. The van der Waals surface area contributed by atoms with Crippen LogP contribution in [0.15, 0.2) is 43.1 Å². The fraction of sp³-hybridized carbons (Fsp3) is 0.500. The number of carbonyl (C=O) groups is 1. The summed E-state index contributed by atoms with van der Waals surface area (Å²) >= 11 is 0. The van der Waals surface area contributed by atoms with Crippen LogP contribution < -0.4 is 9.72 Å². The van der Waals surface area contributed by atoms with E-state index in [1.165, 1.54) is 6.42 Å². The van der Waals surface area contributed by atoms with Gasteiger partial charge in [0.25, 0.3) is 0 Å². The highest BCUT2D eigenvalue weighted by atomic mass is 28.3. The molecule has 1 N–H and O–H groups in total. The van der Waals surface area contributed by atoms with Crippen LogP contribution in [-0.4, -0.2) is 50.5 Å². The lowest BCUT2D eigenvalue weighted by molar-refractivity contribution is -0.0490. The molecule has 31 heavy (non-hydrogen) atoms. The molecule has 1 unspecified atom stereocenters. The van der Waals surface area contributed by atoms with Crippen LogP contribution in [0, 0.1) is 11.8 Å². The van der Waals surface area contributed by atoms with Crippen molar-refractivity contribution in [3.8, 4) is 5.75 Å². The summed E-state index contributed by atoms with van der Waals surface area (Å²) < 4.78 is 11.7. The minimum Gasteiger partial charge on any atom is -0.497 e. The summed E-state index contributed by atoms with van der Waals surface area (Å²) in [4.78, 5) is 23.0. The number of ether oxygens (including phenoxy) is 2. The number of carbonyl (C=O) groups excluding carboxylic acids is 1. The normalized spacial score (nSPS) is 26.3. The first kappa shape index (κ1) is 21.8. The molecule has 7 heteroatoms. The maximum Gasteiger partial charge on any atom is 0.399 e. The molecule has 2 aromatic rings. The second-order valence-electron chi connectivity index (χ2n) is 9.73. The Kier molecular flexibility index (Phi) is 6.08. The van der Waals surface area contributed by atoms with E-state index in [4.69, 9.17) is 9.47 Å². The maximum absolute atomic E-state index is 12.9. The number of methoxy groups -OCH3 is 1. The van der Waals surface area contributed by atoms with Gasteiger partial charge in [-0.25, -0.2) is 4.79 Å². The van der Waals surface area contributed by atoms with Crippen molar-refractivity contribution in [3.63, 3.8) is 0 Å². The molecule has 0 saturated carbocycles. The minimum atomic E-state index is -1.82. The molecule has 3 aliphatic heterocycles. The Morgan fingerprint density at radius 2 is 2.16 bits per heavy atom. The third-order valence-corrected chi connectivity index (χ3v) is 7.46. The number of pyridine rings is 1. The molecule has 1 aromatic carbocycles. The van der Waals surface area contributed by atoms with E-state index in [0.29, 0.717) is 11.8 Å². The van der Waals surface area contributed by atoms with Gasteiger partial charge in [-0.05, 0) is 55.5 Å². The first-order valence-corrected chi connectivity index (χ1v) is 14.6. The smallest absolute Gasteiger partial charge is 0.399 e. The molecule has 4 heterocycles. The molecule has 2 bridgehead atoms. The van der Waals surface area contributed by atoms with Gasteiger partial charge >= 0.3 is 6.09 Å². The first-order chi connectivity index (χ1) is 14.8. The van der Waals surface area contributed by atoms with Gasteiger partial charge in [0, 0.05) is 23.7 Å². The number of benzene rings is 1. The van der Waals surface area contributed by atoms with E-state index in [1.54, 1.807) is 13.3 Å². The average Bonchev–Trinajstić information content (AvgIpc) is 2.75. The molecule has 3 aliphatic rings. The summed E-state index contributed by atoms with van der Waals surface area (Å²) in [5, 5.41) is 0.968. The van der Waals surface area contributed by atoms with Gasteiger partial charge in [-0.2, -0.15) is 0 Å². The lowest BCUT2D eigenvalue weighted by atomic mass is 9.73. The van der Waals surface area contributed by atoms with Crippen LogP contribution in [0.2, 0.25) is 19.6 Å². The quantitative estimate of drug-likeness (QED) is 0.520.